The van der Waals surface area contributed by atoms with Gasteiger partial charge in [0.2, 0.25) is 0 Å². The summed E-state index contributed by atoms with van der Waals surface area (Å²) < 4.78 is 1.68. The number of hydrogen-bond donors (Lipinski definition) is 2. The Labute approximate surface area is 82.4 Å². The van der Waals surface area contributed by atoms with Crippen molar-refractivity contribution in [2.45, 2.75) is 5.16 Å². The Bertz CT molecular complexity index is 594. The van der Waals surface area contributed by atoms with Crippen LogP contribution in [0.5, 0.6) is 0 Å². The number of hydrogen-bond acceptors (Lipinski definition) is 4. The molecule has 0 saturated carbocycles. The van der Waals surface area contributed by atoms with Gasteiger partial charge in [0.25, 0.3) is 5.56 Å². The highest BCUT2D eigenvalue weighted by molar-refractivity contribution is 7.98. The summed E-state index contributed by atoms with van der Waals surface area (Å²) >= 11 is 1.41. The van der Waals surface area contributed by atoms with Crippen molar-refractivity contribution < 1.29 is 0 Å². The van der Waals surface area contributed by atoms with E-state index in [0.717, 1.165) is 0 Å². The lowest BCUT2D eigenvalue weighted by atomic mass is 10.5. The molecule has 0 aliphatic heterocycles. The third-order valence-corrected chi connectivity index (χ3v) is 2.64. The molecule has 0 atom stereocenters. The second kappa shape index (κ2) is 3.02. The van der Waals surface area contributed by atoms with Crippen molar-refractivity contribution in [2.75, 3.05) is 6.26 Å². The van der Waals surface area contributed by atoms with Gasteiger partial charge in [0.05, 0.1) is 0 Å². The molecule has 2 aromatic heterocycles. The Morgan fingerprint density at radius 1 is 1.36 bits per heavy atom. The van der Waals surface area contributed by atoms with Crippen LogP contribution in [0.4, 0.5) is 0 Å². The number of nitrogens with one attached hydrogen (secondary N) is 2. The van der Waals surface area contributed by atoms with Crippen molar-refractivity contribution in [1.82, 2.24) is 19.5 Å². The predicted octanol–water partition coefficient (Wildman–Crippen LogP) is -0.328. The molecule has 2 rings (SSSR count). The van der Waals surface area contributed by atoms with Crippen molar-refractivity contribution in [3.05, 3.63) is 20.8 Å². The molecular formula is C7H8N4O2S. The lowest BCUT2D eigenvalue weighted by Crippen LogP contribution is -2.22. The van der Waals surface area contributed by atoms with Gasteiger partial charge in [0, 0.05) is 7.05 Å². The van der Waals surface area contributed by atoms with E-state index in [-0.39, 0.29) is 5.52 Å². The van der Waals surface area contributed by atoms with Crippen molar-refractivity contribution >= 4 is 22.9 Å². The monoisotopic (exact) mass is 212 g/mol. The summed E-state index contributed by atoms with van der Waals surface area (Å²) in [7, 11) is 1.75. The molecule has 2 aromatic rings. The van der Waals surface area contributed by atoms with Crippen molar-refractivity contribution in [1.29, 1.82) is 0 Å². The molecule has 0 amide bonds. The minimum Gasteiger partial charge on any atom is -0.308 e. The largest absolute Gasteiger partial charge is 0.327 e. The quantitative estimate of drug-likeness (QED) is 0.634. The first-order chi connectivity index (χ1) is 6.63. The SMILES string of the molecule is CSc1nc2c(=O)[nH]c(=O)[nH]c2n1C. The molecule has 2 N–H and O–H groups in total. The number of aromatic nitrogens is 4. The Hall–Kier alpha value is -1.50. The normalized spacial score (nSPS) is 11.0. The molecule has 0 radical (unpaired) electrons. The molecule has 0 spiro atoms. The number of H-pyrrole nitrogens is 2. The molecule has 0 aliphatic rings. The zero-order chi connectivity index (χ0) is 10.3. The molecule has 0 aliphatic carbocycles. The lowest BCUT2D eigenvalue weighted by Gasteiger charge is -1.95. The number of aryl methyl sites for hydroxylation is 1. The average Bonchev–Trinajstić information content (AvgIpc) is 2.44. The second-order valence-corrected chi connectivity index (χ2v) is 3.54. The number of nitrogens with zero attached hydrogens (tertiary/aromatic N) is 2. The number of aromatic amines is 2. The molecular weight excluding hydrogens is 204 g/mol. The molecule has 7 heteroatoms. The number of imidazole rings is 1. The highest BCUT2D eigenvalue weighted by Gasteiger charge is 2.10. The molecule has 0 bridgehead atoms. The van der Waals surface area contributed by atoms with Crippen LogP contribution in [0.25, 0.3) is 11.2 Å². The summed E-state index contributed by atoms with van der Waals surface area (Å²) in [4.78, 5) is 31.1. The Morgan fingerprint density at radius 3 is 2.71 bits per heavy atom. The van der Waals surface area contributed by atoms with Crippen molar-refractivity contribution in [2.24, 2.45) is 7.05 Å². The summed E-state index contributed by atoms with van der Waals surface area (Å²) in [6, 6.07) is 0. The zero-order valence-electron chi connectivity index (χ0n) is 7.62. The first-order valence-corrected chi connectivity index (χ1v) is 5.09. The molecule has 0 fully saturated rings. The highest BCUT2D eigenvalue weighted by atomic mass is 32.2. The predicted molar refractivity (Wildman–Crippen MR) is 53.7 cm³/mol. The van der Waals surface area contributed by atoms with Gasteiger partial charge in [-0.3, -0.25) is 14.8 Å². The summed E-state index contributed by atoms with van der Waals surface area (Å²) in [5.41, 5.74) is -0.266. The summed E-state index contributed by atoms with van der Waals surface area (Å²) in [6.45, 7) is 0. The summed E-state index contributed by atoms with van der Waals surface area (Å²) in [5.74, 6) is 0. The van der Waals surface area contributed by atoms with Gasteiger partial charge in [-0.1, -0.05) is 11.8 Å². The summed E-state index contributed by atoms with van der Waals surface area (Å²) in [5, 5.41) is 0.687. The van der Waals surface area contributed by atoms with Crippen LogP contribution in [-0.2, 0) is 7.05 Å². The molecule has 2 heterocycles. The van der Waals surface area contributed by atoms with Gasteiger partial charge in [0.15, 0.2) is 10.7 Å². The first kappa shape index (κ1) is 9.07. The van der Waals surface area contributed by atoms with E-state index in [1.807, 2.05) is 6.26 Å². The molecule has 74 valence electrons. The minimum atomic E-state index is -0.516. The fourth-order valence-electron chi connectivity index (χ4n) is 1.26. The van der Waals surface area contributed by atoms with E-state index in [2.05, 4.69) is 15.0 Å². The van der Waals surface area contributed by atoms with E-state index < -0.39 is 11.2 Å². The van der Waals surface area contributed by atoms with Crippen LogP contribution in [0.15, 0.2) is 14.7 Å². The van der Waals surface area contributed by atoms with Gasteiger partial charge in [0.1, 0.15) is 5.65 Å². The van der Waals surface area contributed by atoms with E-state index in [4.69, 9.17) is 0 Å². The van der Waals surface area contributed by atoms with E-state index in [1.54, 1.807) is 11.6 Å². The van der Waals surface area contributed by atoms with Crippen LogP contribution < -0.4 is 11.2 Å². The highest BCUT2D eigenvalue weighted by Crippen LogP contribution is 2.15. The maximum Gasteiger partial charge on any atom is 0.327 e. The Balaban J connectivity index is 2.99. The second-order valence-electron chi connectivity index (χ2n) is 2.76. The fourth-order valence-corrected chi connectivity index (χ4v) is 1.81. The Kier molecular flexibility index (Phi) is 1.95. The smallest absolute Gasteiger partial charge is 0.308 e. The standard InChI is InChI=1S/C7H8N4O2S/c1-11-4-3(8-7(11)14-2)5(12)10-6(13)9-4/h1-2H3,(H2,9,10,12,13). The van der Waals surface area contributed by atoms with Crippen molar-refractivity contribution in [3.63, 3.8) is 0 Å². The molecule has 0 saturated heterocycles. The lowest BCUT2D eigenvalue weighted by molar-refractivity contribution is 0.805. The van der Waals surface area contributed by atoms with Gasteiger partial charge in [-0.2, -0.15) is 0 Å². The fraction of sp³-hybridized carbons (Fsp3) is 0.286. The molecule has 6 nitrogen and oxygen atoms in total. The van der Waals surface area contributed by atoms with Crippen LogP contribution >= 0.6 is 11.8 Å². The van der Waals surface area contributed by atoms with E-state index in [1.165, 1.54) is 11.8 Å². The third-order valence-electron chi connectivity index (χ3n) is 1.91. The maximum absolute atomic E-state index is 11.3. The molecule has 0 unspecified atom stereocenters. The summed E-state index contributed by atoms with van der Waals surface area (Å²) in [6.07, 6.45) is 1.85. The van der Waals surface area contributed by atoms with Crippen LogP contribution in [0, 0.1) is 0 Å². The van der Waals surface area contributed by atoms with Crippen LogP contribution in [0.1, 0.15) is 0 Å². The Morgan fingerprint density at radius 2 is 2.07 bits per heavy atom. The van der Waals surface area contributed by atoms with Crippen molar-refractivity contribution in [3.8, 4) is 0 Å². The van der Waals surface area contributed by atoms with E-state index in [9.17, 15) is 9.59 Å². The number of thioether (sulfide) groups is 1. The minimum absolute atomic E-state index is 0.261. The van der Waals surface area contributed by atoms with Gasteiger partial charge >= 0.3 is 5.69 Å². The maximum atomic E-state index is 11.3. The van der Waals surface area contributed by atoms with Gasteiger partial charge in [-0.05, 0) is 6.26 Å². The van der Waals surface area contributed by atoms with Gasteiger partial charge in [-0.25, -0.2) is 9.78 Å². The molecule has 14 heavy (non-hydrogen) atoms. The van der Waals surface area contributed by atoms with Crippen LogP contribution in [0.2, 0.25) is 0 Å². The molecule has 0 aromatic carbocycles. The third kappa shape index (κ3) is 1.17. The first-order valence-electron chi connectivity index (χ1n) is 3.86. The van der Waals surface area contributed by atoms with E-state index >= 15 is 0 Å². The topological polar surface area (TPSA) is 83.5 Å². The van der Waals surface area contributed by atoms with E-state index in [0.29, 0.717) is 10.8 Å². The van der Waals surface area contributed by atoms with Crippen LogP contribution in [-0.4, -0.2) is 25.8 Å². The number of rotatable bonds is 1. The number of fused-ring (bicyclic) bond motifs is 1. The zero-order valence-corrected chi connectivity index (χ0v) is 8.44. The van der Waals surface area contributed by atoms with Gasteiger partial charge < -0.3 is 4.57 Å². The average molecular weight is 212 g/mol. The van der Waals surface area contributed by atoms with Gasteiger partial charge in [-0.15, -0.1) is 0 Å². The van der Waals surface area contributed by atoms with Crippen LogP contribution in [0.3, 0.4) is 0 Å².